The lowest BCUT2D eigenvalue weighted by Gasteiger charge is -2.03. The Morgan fingerprint density at radius 2 is 0.893 bits per heavy atom. The zero-order chi connectivity index (χ0) is 20.9. The molecule has 28 heavy (non-hydrogen) atoms. The topological polar surface area (TPSA) is 77.8 Å². The second-order valence-corrected chi connectivity index (χ2v) is 7.61. The predicted molar refractivity (Wildman–Crippen MR) is 117 cm³/mol. The fourth-order valence-electron chi connectivity index (χ4n) is 3.10. The van der Waals surface area contributed by atoms with Gasteiger partial charge in [-0.2, -0.15) is 0 Å². The molecule has 0 bridgehead atoms. The third kappa shape index (κ3) is 20.6. The summed E-state index contributed by atoms with van der Waals surface area (Å²) in [4.78, 5) is 10.3. The molecule has 0 spiro atoms. The smallest absolute Gasteiger partial charge is 0.303 e. The Morgan fingerprint density at radius 3 is 1.18 bits per heavy atom. The van der Waals surface area contributed by atoms with Crippen LogP contribution in [0.15, 0.2) is 24.3 Å². The lowest BCUT2D eigenvalue weighted by molar-refractivity contribution is -0.137. The highest BCUT2D eigenvalue weighted by molar-refractivity contribution is 5.66. The van der Waals surface area contributed by atoms with Gasteiger partial charge in [0.2, 0.25) is 0 Å². The Bertz CT molecular complexity index is 435. The van der Waals surface area contributed by atoms with E-state index < -0.39 is 5.97 Å². The second-order valence-electron chi connectivity index (χ2n) is 7.61. The number of rotatable bonds is 16. The number of hydrogen-bond acceptors (Lipinski definition) is 3. The molecule has 0 aliphatic heterocycles. The van der Waals surface area contributed by atoms with Crippen molar-refractivity contribution < 1.29 is 20.1 Å². The Kier molecular flexibility index (Phi) is 18.8. The fourth-order valence-corrected chi connectivity index (χ4v) is 3.10. The van der Waals surface area contributed by atoms with E-state index in [-0.39, 0.29) is 11.5 Å². The summed E-state index contributed by atoms with van der Waals surface area (Å²) in [6, 6.07) is 5.70. The van der Waals surface area contributed by atoms with Crippen molar-refractivity contribution >= 4 is 5.97 Å². The monoisotopic (exact) mass is 394 g/mol. The molecule has 4 nitrogen and oxygen atoms in total. The molecule has 1 aromatic carbocycles. The molecule has 0 saturated carbocycles. The van der Waals surface area contributed by atoms with Crippen molar-refractivity contribution in [2.45, 2.75) is 110 Å². The normalized spacial score (nSPS) is 10.3. The molecular formula is C24H42O4. The van der Waals surface area contributed by atoms with E-state index in [0.29, 0.717) is 6.42 Å². The van der Waals surface area contributed by atoms with Crippen molar-refractivity contribution in [3.63, 3.8) is 0 Å². The van der Waals surface area contributed by atoms with Gasteiger partial charge < -0.3 is 15.3 Å². The molecule has 162 valence electrons. The molecule has 0 unspecified atom stereocenters. The number of benzene rings is 1. The highest BCUT2D eigenvalue weighted by atomic mass is 16.4. The highest BCUT2D eigenvalue weighted by Crippen LogP contribution is 2.14. The Labute approximate surface area is 172 Å². The van der Waals surface area contributed by atoms with E-state index in [4.69, 9.17) is 15.3 Å². The summed E-state index contributed by atoms with van der Waals surface area (Å²) >= 11 is 0. The van der Waals surface area contributed by atoms with Gasteiger partial charge in [0.05, 0.1) is 0 Å². The minimum Gasteiger partial charge on any atom is -0.508 e. The van der Waals surface area contributed by atoms with Gasteiger partial charge in [-0.1, -0.05) is 96.8 Å². The minimum absolute atomic E-state index is 0.169. The molecule has 0 saturated heterocycles. The molecule has 0 atom stereocenters. The summed E-state index contributed by atoms with van der Waals surface area (Å²) in [6.45, 7) is 2.27. The van der Waals surface area contributed by atoms with Gasteiger partial charge in [-0.05, 0) is 30.7 Å². The summed E-state index contributed by atoms with van der Waals surface area (Å²) in [5.74, 6) is -0.315. The van der Waals surface area contributed by atoms with E-state index in [1.54, 1.807) is 0 Å². The summed E-state index contributed by atoms with van der Waals surface area (Å²) in [7, 11) is 0. The van der Waals surface area contributed by atoms with Crippen LogP contribution in [-0.2, 0) is 4.79 Å². The van der Waals surface area contributed by atoms with E-state index in [1.807, 2.05) is 0 Å². The molecule has 0 aromatic heterocycles. The fraction of sp³-hybridized carbons (Fsp3) is 0.708. The van der Waals surface area contributed by atoms with E-state index in [2.05, 4.69) is 6.92 Å². The van der Waals surface area contributed by atoms with E-state index in [9.17, 15) is 4.79 Å². The lowest BCUT2D eigenvalue weighted by atomic mass is 10.0. The molecule has 4 heteroatoms. The maximum atomic E-state index is 10.3. The van der Waals surface area contributed by atoms with Gasteiger partial charge in [0, 0.05) is 6.42 Å². The molecule has 0 aliphatic carbocycles. The Hall–Kier alpha value is -1.71. The molecule has 1 rings (SSSR count). The van der Waals surface area contributed by atoms with Crippen molar-refractivity contribution in [2.24, 2.45) is 0 Å². The van der Waals surface area contributed by atoms with Crippen LogP contribution in [0, 0.1) is 0 Å². The molecule has 0 radical (unpaired) electrons. The number of hydrogen-bond donors (Lipinski definition) is 3. The number of carboxylic acid groups (broad SMARTS) is 1. The Balaban J connectivity index is 0.000000749. The maximum absolute atomic E-state index is 10.3. The lowest BCUT2D eigenvalue weighted by Crippen LogP contribution is -1.93. The number of unbranched alkanes of at least 4 members (excludes halogenated alkanes) is 14. The molecule has 0 fully saturated rings. The van der Waals surface area contributed by atoms with Gasteiger partial charge in [-0.25, -0.2) is 0 Å². The molecule has 3 N–H and O–H groups in total. The summed E-state index contributed by atoms with van der Waals surface area (Å²) in [5.41, 5.74) is 0. The molecule has 0 amide bonds. The summed E-state index contributed by atoms with van der Waals surface area (Å²) < 4.78 is 0. The van der Waals surface area contributed by atoms with Crippen LogP contribution < -0.4 is 0 Å². The van der Waals surface area contributed by atoms with Crippen LogP contribution in [0.25, 0.3) is 0 Å². The quantitative estimate of drug-likeness (QED) is 0.201. The third-order valence-corrected chi connectivity index (χ3v) is 4.84. The van der Waals surface area contributed by atoms with Crippen molar-refractivity contribution in [1.82, 2.24) is 0 Å². The first-order valence-electron chi connectivity index (χ1n) is 11.3. The maximum Gasteiger partial charge on any atom is 0.303 e. The summed E-state index contributed by atoms with van der Waals surface area (Å²) in [6.07, 6.45) is 20.2. The van der Waals surface area contributed by atoms with Gasteiger partial charge in [0.25, 0.3) is 0 Å². The molecule has 0 heterocycles. The van der Waals surface area contributed by atoms with Gasteiger partial charge >= 0.3 is 5.97 Å². The standard InChI is InChI=1S/C18H36O2.C6H6O2/c1-2-3-4-5-6-7-8-9-10-11-12-13-14-15-16-17-18(19)20;7-5-1-2-6(8)4-3-5/h2-17H2,1H3,(H,19,20);1-4,7-8H. The first-order chi connectivity index (χ1) is 13.6. The van der Waals surface area contributed by atoms with Crippen molar-refractivity contribution in [3.05, 3.63) is 24.3 Å². The predicted octanol–water partition coefficient (Wildman–Crippen LogP) is 7.43. The molecule has 0 aliphatic rings. The summed E-state index contributed by atoms with van der Waals surface area (Å²) in [5, 5.41) is 25.8. The number of aliphatic carboxylic acids is 1. The number of carbonyl (C=O) groups is 1. The number of carboxylic acids is 1. The minimum atomic E-state index is -0.653. The average molecular weight is 395 g/mol. The number of aromatic hydroxyl groups is 2. The number of phenolic OH excluding ortho intramolecular Hbond substituents is 2. The largest absolute Gasteiger partial charge is 0.508 e. The van der Waals surface area contributed by atoms with Gasteiger partial charge in [0.15, 0.2) is 0 Å². The van der Waals surface area contributed by atoms with Crippen LogP contribution in [0.2, 0.25) is 0 Å². The van der Waals surface area contributed by atoms with E-state index >= 15 is 0 Å². The van der Waals surface area contributed by atoms with E-state index in [0.717, 1.165) is 12.8 Å². The van der Waals surface area contributed by atoms with Gasteiger partial charge in [0.1, 0.15) is 11.5 Å². The van der Waals surface area contributed by atoms with Crippen LogP contribution in [0.4, 0.5) is 0 Å². The van der Waals surface area contributed by atoms with Crippen LogP contribution >= 0.6 is 0 Å². The number of phenols is 2. The van der Waals surface area contributed by atoms with Gasteiger partial charge in [-0.3, -0.25) is 4.79 Å². The van der Waals surface area contributed by atoms with Crippen LogP contribution in [0.1, 0.15) is 110 Å². The zero-order valence-corrected chi connectivity index (χ0v) is 17.9. The van der Waals surface area contributed by atoms with Crippen molar-refractivity contribution in [3.8, 4) is 11.5 Å². The van der Waals surface area contributed by atoms with Gasteiger partial charge in [-0.15, -0.1) is 0 Å². The van der Waals surface area contributed by atoms with Crippen LogP contribution in [0.3, 0.4) is 0 Å². The van der Waals surface area contributed by atoms with Crippen LogP contribution in [0.5, 0.6) is 11.5 Å². The molecule has 1 aromatic rings. The first kappa shape index (κ1) is 26.3. The third-order valence-electron chi connectivity index (χ3n) is 4.84. The average Bonchev–Trinajstić information content (AvgIpc) is 2.67. The SMILES string of the molecule is CCCCCCCCCCCCCCCCCC(=O)O.Oc1ccc(O)cc1. The highest BCUT2D eigenvalue weighted by Gasteiger charge is 1.97. The molecular weight excluding hydrogens is 352 g/mol. The van der Waals surface area contributed by atoms with E-state index in [1.165, 1.54) is 108 Å². The first-order valence-corrected chi connectivity index (χ1v) is 11.3. The van der Waals surface area contributed by atoms with Crippen molar-refractivity contribution in [2.75, 3.05) is 0 Å². The zero-order valence-electron chi connectivity index (χ0n) is 17.9. The second kappa shape index (κ2) is 20.0. The Morgan fingerprint density at radius 1 is 0.607 bits per heavy atom. The van der Waals surface area contributed by atoms with Crippen LogP contribution in [-0.4, -0.2) is 21.3 Å². The van der Waals surface area contributed by atoms with Crippen molar-refractivity contribution in [1.29, 1.82) is 0 Å².